The van der Waals surface area contributed by atoms with Crippen LogP contribution in [0, 0.1) is 0 Å². The molecule has 0 saturated carbocycles. The monoisotopic (exact) mass is 761 g/mol. The van der Waals surface area contributed by atoms with Crippen LogP contribution in [0.2, 0.25) is 0 Å². The highest BCUT2D eigenvalue weighted by atomic mass is 32.2. The molecule has 282 valence electrons. The Kier molecular flexibility index (Phi) is 14.1. The zero-order valence-corrected chi connectivity index (χ0v) is 31.8. The van der Waals surface area contributed by atoms with Gasteiger partial charge in [0, 0.05) is 21.8 Å². The summed E-state index contributed by atoms with van der Waals surface area (Å²) in [7, 11) is 0. The van der Waals surface area contributed by atoms with E-state index in [1.807, 2.05) is 127 Å². The zero-order valence-electron chi connectivity index (χ0n) is 31.0. The summed E-state index contributed by atoms with van der Waals surface area (Å²) in [5.74, 6) is 0.360. The normalized spacial score (nSPS) is 11.6. The van der Waals surface area contributed by atoms with E-state index in [1.54, 1.807) is 42.5 Å². The lowest BCUT2D eigenvalue weighted by molar-refractivity contribution is -0.116. The van der Waals surface area contributed by atoms with Crippen molar-refractivity contribution in [3.63, 3.8) is 0 Å². The number of nitrogens with one attached hydrogen (secondary N) is 3. The molecule has 3 N–H and O–H groups in total. The lowest BCUT2D eigenvalue weighted by atomic mass is 10.1. The molecule has 8 nitrogen and oxygen atoms in total. The number of carbonyl (C=O) groups excluding carboxylic acids is 3. The first-order chi connectivity index (χ1) is 27.4. The second kappa shape index (κ2) is 20.2. The first-order valence-electron chi connectivity index (χ1n) is 18.4. The smallest absolute Gasteiger partial charge is 0.272 e. The Balaban J connectivity index is 1.14. The standard InChI is InChI=1S/C47H43N3O5S/c1-2-3-31-54-40-27-21-38(22-28-40)49-47(53)44(36-15-9-5-10-16-36)56-42-29-23-39(24-30-42)48-46(52)43(50-45(51)37-17-11-6-12-18-37)32-34-19-25-41(26-20-34)55-33-35-13-7-4-8-14-35/h4-30,32,44H,2-3,31,33H2,1H3,(H,48,52)(H,49,53)(H,50,51)/b43-32-. The summed E-state index contributed by atoms with van der Waals surface area (Å²) in [5.41, 5.74) is 4.28. The number of amides is 3. The van der Waals surface area contributed by atoms with Crippen molar-refractivity contribution < 1.29 is 23.9 Å². The number of carbonyl (C=O) groups is 3. The van der Waals surface area contributed by atoms with Gasteiger partial charge in [0.2, 0.25) is 5.91 Å². The molecular formula is C47H43N3O5S. The van der Waals surface area contributed by atoms with Gasteiger partial charge in [-0.2, -0.15) is 0 Å². The van der Waals surface area contributed by atoms with E-state index in [9.17, 15) is 14.4 Å². The molecule has 9 heteroatoms. The van der Waals surface area contributed by atoms with Crippen LogP contribution < -0.4 is 25.4 Å². The topological polar surface area (TPSA) is 106 Å². The van der Waals surface area contributed by atoms with Crippen LogP contribution in [0.1, 0.15) is 52.1 Å². The van der Waals surface area contributed by atoms with Crippen LogP contribution >= 0.6 is 11.8 Å². The van der Waals surface area contributed by atoms with Crippen molar-refractivity contribution in [2.75, 3.05) is 17.2 Å². The van der Waals surface area contributed by atoms with Gasteiger partial charge in [0.15, 0.2) is 0 Å². The summed E-state index contributed by atoms with van der Waals surface area (Å²) < 4.78 is 11.7. The number of hydrogen-bond acceptors (Lipinski definition) is 6. The lowest BCUT2D eigenvalue weighted by Gasteiger charge is -2.18. The number of thioether (sulfide) groups is 1. The lowest BCUT2D eigenvalue weighted by Crippen LogP contribution is -2.30. The van der Waals surface area contributed by atoms with Crippen molar-refractivity contribution >= 4 is 46.9 Å². The van der Waals surface area contributed by atoms with Crippen LogP contribution in [-0.2, 0) is 16.2 Å². The fourth-order valence-electron chi connectivity index (χ4n) is 5.54. The molecule has 0 aromatic heterocycles. The minimum atomic E-state index is -0.546. The van der Waals surface area contributed by atoms with Crippen molar-refractivity contribution in [1.82, 2.24) is 5.32 Å². The van der Waals surface area contributed by atoms with E-state index in [0.29, 0.717) is 41.5 Å². The van der Waals surface area contributed by atoms with E-state index < -0.39 is 17.1 Å². The molecule has 0 aliphatic rings. The van der Waals surface area contributed by atoms with E-state index in [0.717, 1.165) is 34.6 Å². The fourth-order valence-corrected chi connectivity index (χ4v) is 6.56. The quantitative estimate of drug-likeness (QED) is 0.0486. The molecule has 56 heavy (non-hydrogen) atoms. The van der Waals surface area contributed by atoms with Crippen molar-refractivity contribution in [2.24, 2.45) is 0 Å². The van der Waals surface area contributed by atoms with E-state index >= 15 is 0 Å². The van der Waals surface area contributed by atoms with Gasteiger partial charge in [0.25, 0.3) is 11.8 Å². The number of ether oxygens (including phenoxy) is 2. The van der Waals surface area contributed by atoms with Gasteiger partial charge in [0.1, 0.15) is 29.1 Å². The fraction of sp³-hybridized carbons (Fsp3) is 0.128. The molecule has 0 aliphatic carbocycles. The van der Waals surface area contributed by atoms with Crippen molar-refractivity contribution in [1.29, 1.82) is 0 Å². The van der Waals surface area contributed by atoms with Crippen molar-refractivity contribution in [3.05, 3.63) is 192 Å². The maximum absolute atomic E-state index is 13.7. The first-order valence-corrected chi connectivity index (χ1v) is 19.3. The predicted octanol–water partition coefficient (Wildman–Crippen LogP) is 10.3. The number of unbranched alkanes of at least 4 members (excludes halogenated alkanes) is 1. The SMILES string of the molecule is CCCCOc1ccc(NC(=O)C(Sc2ccc(NC(=O)/C(=C/c3ccc(OCc4ccccc4)cc3)NC(=O)c3ccccc3)cc2)c2ccccc2)cc1. The Morgan fingerprint density at radius 1 is 0.643 bits per heavy atom. The average molecular weight is 762 g/mol. The van der Waals surface area contributed by atoms with Gasteiger partial charge in [-0.25, -0.2) is 0 Å². The summed E-state index contributed by atoms with van der Waals surface area (Å²) in [5, 5.41) is 8.20. The molecule has 0 saturated heterocycles. The zero-order chi connectivity index (χ0) is 39.0. The minimum absolute atomic E-state index is 0.0663. The third kappa shape index (κ3) is 11.7. The second-order valence-corrected chi connectivity index (χ2v) is 14.0. The highest BCUT2D eigenvalue weighted by molar-refractivity contribution is 8.00. The summed E-state index contributed by atoms with van der Waals surface area (Å²) in [6, 6.07) is 50.1. The Bertz CT molecular complexity index is 2200. The molecule has 0 radical (unpaired) electrons. The van der Waals surface area contributed by atoms with Gasteiger partial charge < -0.3 is 25.4 Å². The minimum Gasteiger partial charge on any atom is -0.494 e. The number of hydrogen-bond donors (Lipinski definition) is 3. The Morgan fingerprint density at radius 3 is 1.88 bits per heavy atom. The van der Waals surface area contributed by atoms with Crippen LogP contribution in [0.4, 0.5) is 11.4 Å². The molecule has 6 aromatic carbocycles. The number of anilines is 2. The van der Waals surface area contributed by atoms with E-state index in [4.69, 9.17) is 9.47 Å². The van der Waals surface area contributed by atoms with Gasteiger partial charge in [-0.15, -0.1) is 11.8 Å². The summed E-state index contributed by atoms with van der Waals surface area (Å²) in [4.78, 5) is 41.4. The largest absolute Gasteiger partial charge is 0.494 e. The van der Waals surface area contributed by atoms with Gasteiger partial charge in [0.05, 0.1) is 6.61 Å². The van der Waals surface area contributed by atoms with E-state index in [2.05, 4.69) is 22.9 Å². The number of rotatable bonds is 17. The highest BCUT2D eigenvalue weighted by Gasteiger charge is 2.23. The molecule has 6 rings (SSSR count). The van der Waals surface area contributed by atoms with Crippen LogP contribution in [0.5, 0.6) is 11.5 Å². The third-order valence-electron chi connectivity index (χ3n) is 8.56. The molecule has 6 aromatic rings. The Hall–Kier alpha value is -6.58. The second-order valence-electron chi connectivity index (χ2n) is 12.8. The van der Waals surface area contributed by atoms with Crippen LogP contribution in [0.25, 0.3) is 6.08 Å². The third-order valence-corrected chi connectivity index (χ3v) is 9.83. The molecule has 1 unspecified atom stereocenters. The van der Waals surface area contributed by atoms with Crippen molar-refractivity contribution in [2.45, 2.75) is 36.5 Å². The van der Waals surface area contributed by atoms with Crippen LogP contribution in [0.15, 0.2) is 174 Å². The molecule has 3 amide bonds. The predicted molar refractivity (Wildman–Crippen MR) is 225 cm³/mol. The molecule has 1 atom stereocenters. The summed E-state index contributed by atoms with van der Waals surface area (Å²) in [6.45, 7) is 3.20. The molecule has 0 spiro atoms. The van der Waals surface area contributed by atoms with Gasteiger partial charge in [-0.1, -0.05) is 104 Å². The highest BCUT2D eigenvalue weighted by Crippen LogP contribution is 2.37. The molecular weight excluding hydrogens is 719 g/mol. The molecule has 0 heterocycles. The molecule has 0 bridgehead atoms. The van der Waals surface area contributed by atoms with E-state index in [-0.39, 0.29) is 11.6 Å². The van der Waals surface area contributed by atoms with Gasteiger partial charge in [-0.05, 0) is 102 Å². The van der Waals surface area contributed by atoms with Crippen LogP contribution in [0.3, 0.4) is 0 Å². The van der Waals surface area contributed by atoms with Gasteiger partial charge >= 0.3 is 0 Å². The van der Waals surface area contributed by atoms with E-state index in [1.165, 1.54) is 11.8 Å². The van der Waals surface area contributed by atoms with Gasteiger partial charge in [-0.3, -0.25) is 14.4 Å². The number of benzene rings is 6. The van der Waals surface area contributed by atoms with Crippen molar-refractivity contribution in [3.8, 4) is 11.5 Å². The first kappa shape index (κ1) is 39.1. The average Bonchev–Trinajstić information content (AvgIpc) is 3.24. The Labute approximate surface area is 332 Å². The molecule has 0 fully saturated rings. The Morgan fingerprint density at radius 2 is 1.21 bits per heavy atom. The summed E-state index contributed by atoms with van der Waals surface area (Å²) >= 11 is 1.40. The maximum atomic E-state index is 13.7. The summed E-state index contributed by atoms with van der Waals surface area (Å²) in [6.07, 6.45) is 3.66. The molecule has 0 aliphatic heterocycles. The van der Waals surface area contributed by atoms with Crippen LogP contribution in [-0.4, -0.2) is 24.3 Å². The maximum Gasteiger partial charge on any atom is 0.272 e.